The average molecular weight is 251 g/mol. The molecule has 0 spiro atoms. The summed E-state index contributed by atoms with van der Waals surface area (Å²) >= 11 is 0. The number of carboxylic acid groups (broad SMARTS) is 1. The number of carboxylic acids is 1. The summed E-state index contributed by atoms with van der Waals surface area (Å²) in [5, 5.41) is 11.0. The van der Waals surface area contributed by atoms with Gasteiger partial charge in [0.15, 0.2) is 0 Å². The Morgan fingerprint density at radius 1 is 1.39 bits per heavy atom. The molecule has 0 aliphatic carbocycles. The minimum Gasteiger partial charge on any atom is -0.496 e. The molecule has 5 heteroatoms. The van der Waals surface area contributed by atoms with Crippen molar-refractivity contribution in [2.75, 3.05) is 13.7 Å². The molecule has 0 aliphatic heterocycles. The zero-order valence-corrected chi connectivity index (χ0v) is 10.5. The van der Waals surface area contributed by atoms with Crippen LogP contribution in [-0.2, 0) is 16.0 Å². The van der Waals surface area contributed by atoms with E-state index in [1.165, 1.54) is 0 Å². The van der Waals surface area contributed by atoms with Gasteiger partial charge in [-0.05, 0) is 24.1 Å². The molecule has 18 heavy (non-hydrogen) atoms. The van der Waals surface area contributed by atoms with E-state index in [2.05, 4.69) is 5.32 Å². The van der Waals surface area contributed by atoms with Crippen LogP contribution < -0.4 is 10.1 Å². The Balaban J connectivity index is 2.51. The first kappa shape index (κ1) is 14.0. The summed E-state index contributed by atoms with van der Waals surface area (Å²) in [4.78, 5) is 21.8. The van der Waals surface area contributed by atoms with Crippen molar-refractivity contribution in [3.8, 4) is 5.75 Å². The van der Waals surface area contributed by atoms with Gasteiger partial charge in [-0.1, -0.05) is 12.1 Å². The van der Waals surface area contributed by atoms with Crippen LogP contribution in [0.2, 0.25) is 0 Å². The van der Waals surface area contributed by atoms with Gasteiger partial charge in [0.25, 0.3) is 0 Å². The van der Waals surface area contributed by atoms with E-state index >= 15 is 0 Å². The minimum absolute atomic E-state index is 0.0665. The smallest absolute Gasteiger partial charge is 0.305 e. The molecule has 0 saturated heterocycles. The maximum Gasteiger partial charge on any atom is 0.305 e. The van der Waals surface area contributed by atoms with Crippen LogP contribution in [0.15, 0.2) is 18.2 Å². The molecule has 0 aromatic heterocycles. The molecule has 5 nitrogen and oxygen atoms in total. The monoisotopic (exact) mass is 251 g/mol. The second-order valence-electron chi connectivity index (χ2n) is 3.97. The third kappa shape index (κ3) is 4.45. The predicted octanol–water partition coefficient (Wildman–Crippen LogP) is 1.14. The highest BCUT2D eigenvalue weighted by molar-refractivity contribution is 5.79. The Hall–Kier alpha value is -2.04. The van der Waals surface area contributed by atoms with Gasteiger partial charge in [-0.15, -0.1) is 0 Å². The molecule has 0 unspecified atom stereocenters. The van der Waals surface area contributed by atoms with E-state index in [1.54, 1.807) is 7.11 Å². The van der Waals surface area contributed by atoms with Gasteiger partial charge in [0.1, 0.15) is 5.75 Å². The Bertz CT molecular complexity index is 443. The number of amides is 1. The van der Waals surface area contributed by atoms with Gasteiger partial charge in [-0.25, -0.2) is 0 Å². The quantitative estimate of drug-likeness (QED) is 0.795. The van der Waals surface area contributed by atoms with Crippen LogP contribution in [0, 0.1) is 6.92 Å². The van der Waals surface area contributed by atoms with Crippen LogP contribution in [0.25, 0.3) is 0 Å². The van der Waals surface area contributed by atoms with Crippen LogP contribution in [0.1, 0.15) is 17.5 Å². The van der Waals surface area contributed by atoms with Crippen LogP contribution >= 0.6 is 0 Å². The number of aryl methyl sites for hydroxylation is 1. The van der Waals surface area contributed by atoms with E-state index in [0.29, 0.717) is 0 Å². The fourth-order valence-electron chi connectivity index (χ4n) is 1.53. The lowest BCUT2D eigenvalue weighted by molar-refractivity contribution is -0.136. The lowest BCUT2D eigenvalue weighted by Crippen LogP contribution is -2.27. The summed E-state index contributed by atoms with van der Waals surface area (Å²) in [5.74, 6) is -0.375. The van der Waals surface area contributed by atoms with Gasteiger partial charge >= 0.3 is 5.97 Å². The van der Waals surface area contributed by atoms with E-state index in [1.807, 2.05) is 25.1 Å². The summed E-state index contributed by atoms with van der Waals surface area (Å²) in [6.07, 6.45) is 0.152. The molecule has 1 amide bonds. The van der Waals surface area contributed by atoms with Crippen LogP contribution in [0.4, 0.5) is 0 Å². The van der Waals surface area contributed by atoms with Gasteiger partial charge in [0.05, 0.1) is 20.0 Å². The maximum atomic E-state index is 11.5. The van der Waals surface area contributed by atoms with E-state index in [9.17, 15) is 9.59 Å². The molecular formula is C13H17NO4. The molecule has 0 heterocycles. The second-order valence-corrected chi connectivity index (χ2v) is 3.97. The standard InChI is InChI=1S/C13H17NO4/c1-9-3-4-10(7-11(9)18-2)8-12(15)14-6-5-13(16)17/h3-4,7H,5-6,8H2,1-2H3,(H,14,15)(H,16,17). The van der Waals surface area contributed by atoms with Crippen molar-refractivity contribution >= 4 is 11.9 Å². The third-order valence-electron chi connectivity index (χ3n) is 2.50. The summed E-state index contributed by atoms with van der Waals surface area (Å²) in [6, 6.07) is 5.55. The van der Waals surface area contributed by atoms with Crippen molar-refractivity contribution in [2.45, 2.75) is 19.8 Å². The molecule has 2 N–H and O–H groups in total. The fourth-order valence-corrected chi connectivity index (χ4v) is 1.53. The third-order valence-corrected chi connectivity index (χ3v) is 2.50. The van der Waals surface area contributed by atoms with E-state index in [-0.39, 0.29) is 25.3 Å². The summed E-state index contributed by atoms with van der Waals surface area (Å²) in [6.45, 7) is 2.08. The van der Waals surface area contributed by atoms with Crippen LogP contribution in [0.5, 0.6) is 5.75 Å². The summed E-state index contributed by atoms with van der Waals surface area (Å²) in [5.41, 5.74) is 1.85. The highest BCUT2D eigenvalue weighted by Crippen LogP contribution is 2.19. The molecule has 98 valence electrons. The zero-order chi connectivity index (χ0) is 13.5. The number of rotatable bonds is 6. The first-order chi connectivity index (χ1) is 8.52. The summed E-state index contributed by atoms with van der Waals surface area (Å²) in [7, 11) is 1.58. The van der Waals surface area contributed by atoms with Crippen LogP contribution in [-0.4, -0.2) is 30.6 Å². The minimum atomic E-state index is -0.924. The zero-order valence-electron chi connectivity index (χ0n) is 10.5. The van der Waals surface area contributed by atoms with Crippen molar-refractivity contribution in [1.82, 2.24) is 5.32 Å². The molecule has 0 aliphatic rings. The van der Waals surface area contributed by atoms with Crippen molar-refractivity contribution in [3.05, 3.63) is 29.3 Å². The highest BCUT2D eigenvalue weighted by atomic mass is 16.5. The molecule has 0 bridgehead atoms. The molecule has 0 fully saturated rings. The number of hydrogen-bond donors (Lipinski definition) is 2. The van der Waals surface area contributed by atoms with Crippen LogP contribution in [0.3, 0.4) is 0 Å². The SMILES string of the molecule is COc1cc(CC(=O)NCCC(=O)O)ccc1C. The first-order valence-corrected chi connectivity index (χ1v) is 5.65. The lowest BCUT2D eigenvalue weighted by atomic mass is 10.1. The van der Waals surface area contributed by atoms with Crippen molar-refractivity contribution in [2.24, 2.45) is 0 Å². The number of carbonyl (C=O) groups excluding carboxylic acids is 1. The number of hydrogen-bond acceptors (Lipinski definition) is 3. The predicted molar refractivity (Wildman–Crippen MR) is 66.7 cm³/mol. The molecule has 0 saturated carbocycles. The lowest BCUT2D eigenvalue weighted by Gasteiger charge is -2.08. The first-order valence-electron chi connectivity index (χ1n) is 5.65. The maximum absolute atomic E-state index is 11.5. The number of ether oxygens (including phenoxy) is 1. The number of benzene rings is 1. The normalized spacial score (nSPS) is 9.89. The molecule has 1 aromatic carbocycles. The van der Waals surface area contributed by atoms with Gasteiger partial charge in [0.2, 0.25) is 5.91 Å². The number of nitrogens with one attached hydrogen (secondary N) is 1. The fraction of sp³-hybridized carbons (Fsp3) is 0.385. The van der Waals surface area contributed by atoms with E-state index in [0.717, 1.165) is 16.9 Å². The Labute approximate surface area is 106 Å². The molecule has 1 rings (SSSR count). The van der Waals surface area contributed by atoms with E-state index in [4.69, 9.17) is 9.84 Å². The second kappa shape index (κ2) is 6.64. The van der Waals surface area contributed by atoms with E-state index < -0.39 is 5.97 Å². The summed E-state index contributed by atoms with van der Waals surface area (Å²) < 4.78 is 5.17. The Morgan fingerprint density at radius 3 is 2.72 bits per heavy atom. The van der Waals surface area contributed by atoms with Crippen molar-refractivity contribution in [1.29, 1.82) is 0 Å². The largest absolute Gasteiger partial charge is 0.496 e. The molecule has 1 aromatic rings. The molecular weight excluding hydrogens is 234 g/mol. The van der Waals surface area contributed by atoms with Gasteiger partial charge in [-0.3, -0.25) is 9.59 Å². The van der Waals surface area contributed by atoms with Crippen molar-refractivity contribution in [3.63, 3.8) is 0 Å². The Morgan fingerprint density at radius 2 is 2.11 bits per heavy atom. The highest BCUT2D eigenvalue weighted by Gasteiger charge is 2.06. The number of carbonyl (C=O) groups is 2. The Kier molecular flexibility index (Phi) is 5.17. The number of methoxy groups -OCH3 is 1. The molecule has 0 radical (unpaired) electrons. The molecule has 0 atom stereocenters. The van der Waals surface area contributed by atoms with Crippen molar-refractivity contribution < 1.29 is 19.4 Å². The van der Waals surface area contributed by atoms with Gasteiger partial charge in [-0.2, -0.15) is 0 Å². The number of aliphatic carboxylic acids is 1. The average Bonchev–Trinajstić information content (AvgIpc) is 2.31. The van der Waals surface area contributed by atoms with Gasteiger partial charge in [0, 0.05) is 6.54 Å². The topological polar surface area (TPSA) is 75.6 Å². The van der Waals surface area contributed by atoms with Gasteiger partial charge < -0.3 is 15.2 Å².